The molecule has 0 unspecified atom stereocenters. The number of fused-ring (bicyclic) bond motifs is 3. The molecule has 198 valence electrons. The van der Waals surface area contributed by atoms with Gasteiger partial charge >= 0.3 is 5.97 Å². The molecule has 0 bridgehead atoms. The number of methoxy groups -OCH3 is 1. The molecule has 0 saturated heterocycles. The molecule has 0 radical (unpaired) electrons. The molecule has 5 N–H and O–H groups in total. The molecule has 2 atom stereocenters. The SMILES string of the molecule is COC(=O)[C@@H]1Cc2c([nH]c3ccccc23)[C@H](c2ccc(C)cc2)N1c1nc(NCCO)nc(NCCO)n1. The molecule has 0 fully saturated rings. The zero-order chi connectivity index (χ0) is 26.6. The van der Waals surface area contributed by atoms with E-state index in [1.54, 1.807) is 0 Å². The molecular weight excluding hydrogens is 486 g/mol. The van der Waals surface area contributed by atoms with Gasteiger partial charge in [0.25, 0.3) is 0 Å². The Labute approximate surface area is 219 Å². The summed E-state index contributed by atoms with van der Waals surface area (Å²) in [6.07, 6.45) is 0.388. The Hall–Kier alpha value is -4.22. The molecule has 1 aliphatic heterocycles. The number of ether oxygens (including phenoxy) is 1. The molecule has 3 heterocycles. The Bertz CT molecular complexity index is 1400. The first kappa shape index (κ1) is 25.4. The van der Waals surface area contributed by atoms with E-state index in [0.717, 1.165) is 33.3 Å². The van der Waals surface area contributed by atoms with Crippen LogP contribution in [0, 0.1) is 6.92 Å². The van der Waals surface area contributed by atoms with Gasteiger partial charge in [0.1, 0.15) is 6.04 Å². The number of carbonyl (C=O) groups is 1. The van der Waals surface area contributed by atoms with Gasteiger partial charge in [0.05, 0.1) is 26.4 Å². The number of nitrogens with zero attached hydrogens (tertiary/aromatic N) is 4. The summed E-state index contributed by atoms with van der Waals surface area (Å²) in [5.41, 5.74) is 5.04. The molecule has 11 nitrogen and oxygen atoms in total. The number of aromatic nitrogens is 4. The van der Waals surface area contributed by atoms with Crippen LogP contribution in [0.3, 0.4) is 0 Å². The Balaban J connectivity index is 1.74. The minimum absolute atomic E-state index is 0.112. The number of hydrogen-bond acceptors (Lipinski definition) is 10. The van der Waals surface area contributed by atoms with E-state index >= 15 is 0 Å². The van der Waals surface area contributed by atoms with Crippen molar-refractivity contribution in [3.63, 3.8) is 0 Å². The van der Waals surface area contributed by atoms with Crippen molar-refractivity contribution in [2.45, 2.75) is 25.4 Å². The highest BCUT2D eigenvalue weighted by molar-refractivity contribution is 5.89. The van der Waals surface area contributed by atoms with Crippen molar-refractivity contribution in [3.05, 3.63) is 70.9 Å². The number of hydrogen-bond donors (Lipinski definition) is 5. The number of carbonyl (C=O) groups excluding carboxylic acids is 1. The quantitative estimate of drug-likeness (QED) is 0.209. The average Bonchev–Trinajstić information content (AvgIpc) is 3.32. The van der Waals surface area contributed by atoms with E-state index in [0.29, 0.717) is 6.42 Å². The first-order chi connectivity index (χ1) is 18.5. The lowest BCUT2D eigenvalue weighted by Crippen LogP contribution is -2.50. The van der Waals surface area contributed by atoms with Gasteiger partial charge < -0.3 is 35.5 Å². The van der Waals surface area contributed by atoms with Gasteiger partial charge in [-0.25, -0.2) is 4.79 Å². The van der Waals surface area contributed by atoms with Crippen molar-refractivity contribution in [2.75, 3.05) is 48.9 Å². The molecular formula is C27H31N7O4. The molecule has 38 heavy (non-hydrogen) atoms. The molecule has 0 spiro atoms. The zero-order valence-corrected chi connectivity index (χ0v) is 21.3. The third kappa shape index (κ3) is 4.85. The van der Waals surface area contributed by atoms with Crippen molar-refractivity contribution in [1.29, 1.82) is 0 Å². The molecule has 1 aliphatic rings. The molecule has 11 heteroatoms. The predicted molar refractivity (Wildman–Crippen MR) is 144 cm³/mol. The summed E-state index contributed by atoms with van der Waals surface area (Å²) in [6.45, 7) is 2.27. The van der Waals surface area contributed by atoms with Gasteiger partial charge in [-0.1, -0.05) is 48.0 Å². The number of aliphatic hydroxyl groups is 2. The zero-order valence-electron chi connectivity index (χ0n) is 21.3. The predicted octanol–water partition coefficient (Wildman–Crippen LogP) is 2.16. The normalized spacial score (nSPS) is 16.8. The maximum atomic E-state index is 13.3. The molecule has 0 amide bonds. The summed E-state index contributed by atoms with van der Waals surface area (Å²) in [4.78, 5) is 32.4. The molecule has 5 rings (SSSR count). The second-order valence-corrected chi connectivity index (χ2v) is 9.11. The number of rotatable bonds is 9. The topological polar surface area (TPSA) is 149 Å². The summed E-state index contributed by atoms with van der Waals surface area (Å²) in [6, 6.07) is 15.0. The van der Waals surface area contributed by atoms with Gasteiger partial charge in [0, 0.05) is 36.1 Å². The average molecular weight is 518 g/mol. The first-order valence-corrected chi connectivity index (χ1v) is 12.5. The van der Waals surface area contributed by atoms with E-state index in [4.69, 9.17) is 4.74 Å². The van der Waals surface area contributed by atoms with Crippen molar-refractivity contribution < 1.29 is 19.7 Å². The Morgan fingerprint density at radius 3 is 2.32 bits per heavy atom. The maximum Gasteiger partial charge on any atom is 0.328 e. The summed E-state index contributed by atoms with van der Waals surface area (Å²) < 4.78 is 5.28. The van der Waals surface area contributed by atoms with Crippen molar-refractivity contribution in [1.82, 2.24) is 19.9 Å². The van der Waals surface area contributed by atoms with Crippen LogP contribution in [0.25, 0.3) is 10.9 Å². The number of aromatic amines is 1. The largest absolute Gasteiger partial charge is 0.467 e. The number of nitrogens with one attached hydrogen (secondary N) is 3. The molecule has 0 saturated carbocycles. The summed E-state index contributed by atoms with van der Waals surface area (Å²) in [5.74, 6) is 0.316. The van der Waals surface area contributed by atoms with Gasteiger partial charge in [0.15, 0.2) is 0 Å². The minimum atomic E-state index is -0.725. The van der Waals surface area contributed by atoms with Crippen LogP contribution in [0.2, 0.25) is 0 Å². The first-order valence-electron chi connectivity index (χ1n) is 12.5. The van der Waals surface area contributed by atoms with Crippen molar-refractivity contribution in [2.24, 2.45) is 0 Å². The second kappa shape index (κ2) is 11.0. The van der Waals surface area contributed by atoms with Crippen LogP contribution < -0.4 is 15.5 Å². The van der Waals surface area contributed by atoms with Crippen LogP contribution in [0.15, 0.2) is 48.5 Å². The number of aliphatic hydroxyl groups excluding tert-OH is 2. The number of para-hydroxylation sites is 1. The van der Waals surface area contributed by atoms with E-state index in [-0.39, 0.29) is 44.1 Å². The van der Waals surface area contributed by atoms with Crippen LogP contribution in [0.5, 0.6) is 0 Å². The highest BCUT2D eigenvalue weighted by Crippen LogP contribution is 2.43. The van der Waals surface area contributed by atoms with Gasteiger partial charge in [-0.3, -0.25) is 0 Å². The van der Waals surface area contributed by atoms with Crippen LogP contribution in [0.4, 0.5) is 17.8 Å². The van der Waals surface area contributed by atoms with Crippen LogP contribution in [-0.2, 0) is 16.0 Å². The lowest BCUT2D eigenvalue weighted by atomic mass is 9.88. The fourth-order valence-electron chi connectivity index (χ4n) is 4.92. The van der Waals surface area contributed by atoms with E-state index in [9.17, 15) is 15.0 Å². The minimum Gasteiger partial charge on any atom is -0.467 e. The number of benzene rings is 2. The Kier molecular flexibility index (Phi) is 7.38. The van der Waals surface area contributed by atoms with Crippen LogP contribution in [-0.4, -0.2) is 75.6 Å². The van der Waals surface area contributed by atoms with Crippen molar-refractivity contribution in [3.8, 4) is 0 Å². The van der Waals surface area contributed by atoms with Crippen LogP contribution >= 0.6 is 0 Å². The monoisotopic (exact) mass is 517 g/mol. The van der Waals surface area contributed by atoms with E-state index in [2.05, 4.69) is 36.6 Å². The van der Waals surface area contributed by atoms with E-state index in [1.165, 1.54) is 7.11 Å². The fourth-order valence-corrected chi connectivity index (χ4v) is 4.92. The highest BCUT2D eigenvalue weighted by atomic mass is 16.5. The second-order valence-electron chi connectivity index (χ2n) is 9.11. The standard InChI is InChI=1S/C27H31N7O4/c1-16-7-9-17(10-8-16)23-22-19(18-5-3-4-6-20(18)30-22)15-21(24(37)38-2)34(23)27-32-25(28-11-13-35)31-26(33-27)29-12-14-36/h3-10,21,23,30,35-36H,11-15H2,1-2H3,(H2,28,29,31,32,33)/t21-,23-/m0/s1. The summed E-state index contributed by atoms with van der Waals surface area (Å²) >= 11 is 0. The molecule has 4 aromatic rings. The summed E-state index contributed by atoms with van der Waals surface area (Å²) in [7, 11) is 1.38. The lowest BCUT2D eigenvalue weighted by molar-refractivity contribution is -0.142. The highest BCUT2D eigenvalue weighted by Gasteiger charge is 2.43. The molecule has 0 aliphatic carbocycles. The van der Waals surface area contributed by atoms with Gasteiger partial charge in [-0.05, 0) is 24.1 Å². The smallest absolute Gasteiger partial charge is 0.328 e. The van der Waals surface area contributed by atoms with Crippen molar-refractivity contribution >= 4 is 34.7 Å². The third-order valence-electron chi connectivity index (χ3n) is 6.64. The fraction of sp³-hybridized carbons (Fsp3) is 0.333. The Morgan fingerprint density at radius 2 is 1.68 bits per heavy atom. The third-order valence-corrected chi connectivity index (χ3v) is 6.64. The number of H-pyrrole nitrogens is 1. The van der Waals surface area contributed by atoms with E-state index in [1.807, 2.05) is 54.3 Å². The summed E-state index contributed by atoms with van der Waals surface area (Å²) in [5, 5.41) is 25.7. The van der Waals surface area contributed by atoms with Gasteiger partial charge in [-0.15, -0.1) is 0 Å². The molecule has 2 aromatic carbocycles. The number of anilines is 3. The molecule has 2 aromatic heterocycles. The van der Waals surface area contributed by atoms with E-state index < -0.39 is 18.1 Å². The lowest BCUT2D eigenvalue weighted by Gasteiger charge is -2.41. The maximum absolute atomic E-state index is 13.3. The van der Waals surface area contributed by atoms with Crippen LogP contribution in [0.1, 0.15) is 28.4 Å². The van der Waals surface area contributed by atoms with Gasteiger partial charge in [0.2, 0.25) is 17.8 Å². The van der Waals surface area contributed by atoms with Gasteiger partial charge in [-0.2, -0.15) is 15.0 Å². The number of aryl methyl sites for hydroxylation is 1. The number of esters is 1. The Morgan fingerprint density at radius 1 is 1.03 bits per heavy atom.